The molecule has 0 bridgehead atoms. The molecule has 3 saturated heterocycles. The first-order valence-corrected chi connectivity index (χ1v) is 10.9. The fourth-order valence-corrected chi connectivity index (χ4v) is 5.36. The summed E-state index contributed by atoms with van der Waals surface area (Å²) in [6.07, 6.45) is 0. The van der Waals surface area contributed by atoms with Crippen molar-refractivity contribution in [3.05, 3.63) is 35.4 Å². The summed E-state index contributed by atoms with van der Waals surface area (Å²) in [4.78, 5) is 19.8. The van der Waals surface area contributed by atoms with E-state index in [4.69, 9.17) is 9.47 Å². The van der Waals surface area contributed by atoms with Gasteiger partial charge in [-0.25, -0.2) is 0 Å². The third-order valence-corrected chi connectivity index (χ3v) is 6.61. The van der Waals surface area contributed by atoms with E-state index < -0.39 is 0 Å². The van der Waals surface area contributed by atoms with E-state index in [1.54, 1.807) is 0 Å². The van der Waals surface area contributed by atoms with Crippen LogP contribution in [0.25, 0.3) is 0 Å². The lowest BCUT2D eigenvalue weighted by Crippen LogP contribution is -2.41. The minimum Gasteiger partial charge on any atom is -0.379 e. The lowest BCUT2D eigenvalue weighted by molar-refractivity contribution is -0.133. The molecule has 160 valence electrons. The van der Waals surface area contributed by atoms with Crippen LogP contribution in [0.1, 0.15) is 17.2 Å². The molecule has 0 N–H and O–H groups in total. The average molecular weight is 402 g/mol. The summed E-state index contributed by atoms with van der Waals surface area (Å²) in [6.45, 7) is 9.65. The standard InChI is InChI=1S/C23H35N3O3/c1-17-6-4-5-7-20(17)23-21-13-25(10-18-15-28-8-9-29-16-18)11-19(21)12-26(23)22(27)14-24(2)3/h4-7,18-19,21,23H,8-16H2,1-3H3/t19-,21-,23+/m1/s1. The highest BCUT2D eigenvalue weighted by atomic mass is 16.5. The zero-order valence-electron chi connectivity index (χ0n) is 18.0. The fourth-order valence-electron chi connectivity index (χ4n) is 5.36. The first-order valence-electron chi connectivity index (χ1n) is 10.9. The Balaban J connectivity index is 1.50. The second kappa shape index (κ2) is 9.13. The summed E-state index contributed by atoms with van der Waals surface area (Å²) in [5, 5.41) is 0. The monoisotopic (exact) mass is 401 g/mol. The van der Waals surface area contributed by atoms with Crippen LogP contribution >= 0.6 is 0 Å². The summed E-state index contributed by atoms with van der Waals surface area (Å²) in [6, 6.07) is 8.76. The maximum Gasteiger partial charge on any atom is 0.237 e. The SMILES string of the molecule is Cc1ccccc1[C@H]1[C@@H]2CN(CC3COCCOC3)C[C@@H]2CN1C(=O)CN(C)C. The van der Waals surface area contributed by atoms with Crippen molar-refractivity contribution in [2.24, 2.45) is 17.8 Å². The van der Waals surface area contributed by atoms with Crippen molar-refractivity contribution in [3.63, 3.8) is 0 Å². The Morgan fingerprint density at radius 3 is 2.52 bits per heavy atom. The van der Waals surface area contributed by atoms with Crippen molar-refractivity contribution in [1.29, 1.82) is 0 Å². The molecule has 3 fully saturated rings. The lowest BCUT2D eigenvalue weighted by atomic mass is 9.87. The van der Waals surface area contributed by atoms with Gasteiger partial charge in [0.25, 0.3) is 0 Å². The molecule has 0 aromatic heterocycles. The number of fused-ring (bicyclic) bond motifs is 1. The summed E-state index contributed by atoms with van der Waals surface area (Å²) < 4.78 is 11.4. The number of aryl methyl sites for hydroxylation is 1. The smallest absolute Gasteiger partial charge is 0.237 e. The number of carbonyl (C=O) groups is 1. The zero-order chi connectivity index (χ0) is 20.4. The molecule has 0 spiro atoms. The highest BCUT2D eigenvalue weighted by Gasteiger charge is 2.49. The van der Waals surface area contributed by atoms with Crippen molar-refractivity contribution in [3.8, 4) is 0 Å². The van der Waals surface area contributed by atoms with Crippen molar-refractivity contribution in [2.45, 2.75) is 13.0 Å². The normalized spacial score (nSPS) is 28.7. The number of likely N-dealkylation sites (N-methyl/N-ethyl adjacent to an activating group) is 1. The molecular formula is C23H35N3O3. The van der Waals surface area contributed by atoms with Crippen LogP contribution in [-0.4, -0.2) is 93.9 Å². The van der Waals surface area contributed by atoms with E-state index in [2.05, 4.69) is 41.0 Å². The Morgan fingerprint density at radius 2 is 1.83 bits per heavy atom. The van der Waals surface area contributed by atoms with Crippen molar-refractivity contribution < 1.29 is 14.3 Å². The van der Waals surface area contributed by atoms with Crippen LogP contribution < -0.4 is 0 Å². The molecule has 0 aliphatic carbocycles. The van der Waals surface area contributed by atoms with Crippen LogP contribution in [0, 0.1) is 24.7 Å². The molecule has 3 aliphatic heterocycles. The molecular weight excluding hydrogens is 366 g/mol. The van der Waals surface area contributed by atoms with Gasteiger partial charge in [-0.2, -0.15) is 0 Å². The Bertz CT molecular complexity index is 702. The Morgan fingerprint density at radius 1 is 1.10 bits per heavy atom. The van der Waals surface area contributed by atoms with Gasteiger partial charge >= 0.3 is 0 Å². The van der Waals surface area contributed by atoms with Gasteiger partial charge in [0.1, 0.15) is 0 Å². The first-order chi connectivity index (χ1) is 14.0. The molecule has 3 atom stereocenters. The minimum absolute atomic E-state index is 0.181. The Labute approximate surface area is 174 Å². The van der Waals surface area contributed by atoms with Gasteiger partial charge in [-0.05, 0) is 38.1 Å². The van der Waals surface area contributed by atoms with Crippen LogP contribution in [0.4, 0.5) is 0 Å². The summed E-state index contributed by atoms with van der Waals surface area (Å²) in [5.41, 5.74) is 2.60. The number of rotatable bonds is 5. The Kier molecular flexibility index (Phi) is 6.54. The average Bonchev–Trinajstić information content (AvgIpc) is 3.09. The molecule has 1 aromatic carbocycles. The predicted molar refractivity (Wildman–Crippen MR) is 113 cm³/mol. The van der Waals surface area contributed by atoms with Gasteiger partial charge in [0.2, 0.25) is 5.91 Å². The second-order valence-electron chi connectivity index (χ2n) is 9.24. The van der Waals surface area contributed by atoms with Crippen molar-refractivity contribution >= 4 is 5.91 Å². The summed E-state index contributed by atoms with van der Waals surface area (Å²) in [7, 11) is 3.94. The number of likely N-dealkylation sites (tertiary alicyclic amines) is 2. The predicted octanol–water partition coefficient (Wildman–Crippen LogP) is 1.65. The number of carbonyl (C=O) groups excluding carboxylic acids is 1. The molecule has 29 heavy (non-hydrogen) atoms. The Hall–Kier alpha value is -1.47. The minimum atomic E-state index is 0.181. The van der Waals surface area contributed by atoms with Crippen LogP contribution in [-0.2, 0) is 14.3 Å². The highest BCUT2D eigenvalue weighted by Crippen LogP contribution is 2.45. The molecule has 0 unspecified atom stereocenters. The van der Waals surface area contributed by atoms with Crippen LogP contribution in [0.3, 0.4) is 0 Å². The lowest BCUT2D eigenvalue weighted by Gasteiger charge is -2.32. The second-order valence-corrected chi connectivity index (χ2v) is 9.24. The number of nitrogens with zero attached hydrogens (tertiary/aromatic N) is 3. The third-order valence-electron chi connectivity index (χ3n) is 6.61. The van der Waals surface area contributed by atoms with Gasteiger partial charge in [-0.1, -0.05) is 24.3 Å². The van der Waals surface area contributed by atoms with Crippen molar-refractivity contribution in [2.75, 3.05) is 73.2 Å². The van der Waals surface area contributed by atoms with E-state index in [1.165, 1.54) is 11.1 Å². The molecule has 1 aromatic rings. The van der Waals surface area contributed by atoms with Gasteiger partial charge in [0.15, 0.2) is 0 Å². The molecule has 6 nitrogen and oxygen atoms in total. The molecule has 6 heteroatoms. The molecule has 4 rings (SSSR count). The largest absolute Gasteiger partial charge is 0.379 e. The van der Waals surface area contributed by atoms with Crippen LogP contribution in [0.15, 0.2) is 24.3 Å². The molecule has 3 heterocycles. The first kappa shape index (κ1) is 20.8. The van der Waals surface area contributed by atoms with E-state index in [0.29, 0.717) is 37.5 Å². The number of hydrogen-bond donors (Lipinski definition) is 0. The van der Waals surface area contributed by atoms with Crippen LogP contribution in [0.5, 0.6) is 0 Å². The van der Waals surface area contributed by atoms with E-state index >= 15 is 0 Å². The number of hydrogen-bond acceptors (Lipinski definition) is 5. The quantitative estimate of drug-likeness (QED) is 0.751. The third kappa shape index (κ3) is 4.66. The molecule has 1 amide bonds. The maximum atomic E-state index is 13.1. The molecule has 0 saturated carbocycles. The van der Waals surface area contributed by atoms with Gasteiger partial charge < -0.3 is 24.2 Å². The van der Waals surface area contributed by atoms with Gasteiger partial charge in [0.05, 0.1) is 39.0 Å². The fraction of sp³-hybridized carbons (Fsp3) is 0.696. The van der Waals surface area contributed by atoms with E-state index in [-0.39, 0.29) is 11.9 Å². The van der Waals surface area contributed by atoms with E-state index in [1.807, 2.05) is 19.0 Å². The van der Waals surface area contributed by atoms with E-state index in [0.717, 1.165) is 39.4 Å². The van der Waals surface area contributed by atoms with Gasteiger partial charge in [-0.15, -0.1) is 0 Å². The molecule has 3 aliphatic rings. The zero-order valence-corrected chi connectivity index (χ0v) is 18.0. The maximum absolute atomic E-state index is 13.1. The topological polar surface area (TPSA) is 45.3 Å². The summed E-state index contributed by atoms with van der Waals surface area (Å²) in [5.74, 6) is 1.72. The number of benzene rings is 1. The number of ether oxygens (including phenoxy) is 2. The van der Waals surface area contributed by atoms with Crippen LogP contribution in [0.2, 0.25) is 0 Å². The van der Waals surface area contributed by atoms with Crippen molar-refractivity contribution in [1.82, 2.24) is 14.7 Å². The van der Waals surface area contributed by atoms with E-state index in [9.17, 15) is 4.79 Å². The highest BCUT2D eigenvalue weighted by molar-refractivity contribution is 5.79. The van der Waals surface area contributed by atoms with Gasteiger partial charge in [0, 0.05) is 38.0 Å². The number of amides is 1. The van der Waals surface area contributed by atoms with Gasteiger partial charge in [-0.3, -0.25) is 4.79 Å². The summed E-state index contributed by atoms with van der Waals surface area (Å²) >= 11 is 0. The molecule has 0 radical (unpaired) electrons.